The zero-order valence-electron chi connectivity index (χ0n) is 16.8. The molecule has 0 bridgehead atoms. The van der Waals surface area contributed by atoms with E-state index in [-0.39, 0.29) is 23.8 Å². The summed E-state index contributed by atoms with van der Waals surface area (Å²) in [5, 5.41) is 7.87. The van der Waals surface area contributed by atoms with E-state index < -0.39 is 11.1 Å². The predicted molar refractivity (Wildman–Crippen MR) is 109 cm³/mol. The number of thiazole rings is 1. The second-order valence-corrected chi connectivity index (χ2v) is 9.57. The van der Waals surface area contributed by atoms with E-state index in [9.17, 15) is 14.4 Å². The van der Waals surface area contributed by atoms with E-state index in [2.05, 4.69) is 15.6 Å². The Labute approximate surface area is 177 Å². The monoisotopic (exact) mass is 431 g/mol. The number of carbonyl (C=O) groups is 3. The third-order valence-corrected chi connectivity index (χ3v) is 7.23. The number of imidazole rings is 1. The minimum absolute atomic E-state index is 0.0572. The molecule has 2 aromatic rings. The van der Waals surface area contributed by atoms with Crippen molar-refractivity contribution in [3.05, 3.63) is 23.5 Å². The molecule has 0 aromatic carbocycles. The van der Waals surface area contributed by atoms with E-state index in [1.807, 2.05) is 11.6 Å². The zero-order valence-corrected chi connectivity index (χ0v) is 17.7. The standard InChI is InChI=1S/C20H25N5O4S/c1-13(26)23-20(4-2-3-5-20)17(28)22-14-8-19(29-10-14)11-24(12-19)16(27)15-9-21-18-25(15)6-7-30-18/h6-7,9,14H,2-5,8,10-12H2,1H3,(H,22,28)(H,23,26). The maximum atomic E-state index is 12.9. The van der Waals surface area contributed by atoms with Gasteiger partial charge in [0.15, 0.2) is 4.96 Å². The van der Waals surface area contributed by atoms with Crippen LogP contribution in [0.15, 0.2) is 17.8 Å². The van der Waals surface area contributed by atoms with Gasteiger partial charge in [0.05, 0.1) is 31.9 Å². The smallest absolute Gasteiger partial charge is 0.272 e. The Kier molecular flexibility index (Phi) is 4.59. The topological polar surface area (TPSA) is 105 Å². The number of rotatable bonds is 4. The first-order valence-electron chi connectivity index (χ1n) is 10.3. The summed E-state index contributed by atoms with van der Waals surface area (Å²) in [7, 11) is 0. The quantitative estimate of drug-likeness (QED) is 0.750. The van der Waals surface area contributed by atoms with Crippen LogP contribution in [0.3, 0.4) is 0 Å². The first-order valence-corrected chi connectivity index (χ1v) is 11.2. The molecule has 1 saturated carbocycles. The lowest BCUT2D eigenvalue weighted by atomic mass is 9.88. The van der Waals surface area contributed by atoms with Gasteiger partial charge in [0, 0.05) is 24.9 Å². The van der Waals surface area contributed by atoms with E-state index in [1.165, 1.54) is 18.3 Å². The van der Waals surface area contributed by atoms with Crippen LogP contribution in [0, 0.1) is 0 Å². The van der Waals surface area contributed by atoms with E-state index in [0.29, 0.717) is 44.7 Å². The van der Waals surface area contributed by atoms with Crippen LogP contribution in [-0.2, 0) is 14.3 Å². The lowest BCUT2D eigenvalue weighted by Crippen LogP contribution is -2.64. The highest BCUT2D eigenvalue weighted by atomic mass is 32.1. The van der Waals surface area contributed by atoms with Gasteiger partial charge in [-0.1, -0.05) is 12.8 Å². The van der Waals surface area contributed by atoms with Crippen molar-refractivity contribution >= 4 is 34.0 Å². The van der Waals surface area contributed by atoms with Gasteiger partial charge in [-0.3, -0.25) is 18.8 Å². The number of likely N-dealkylation sites (tertiary alicyclic amines) is 1. The van der Waals surface area contributed by atoms with E-state index in [0.717, 1.165) is 17.8 Å². The van der Waals surface area contributed by atoms with Gasteiger partial charge in [-0.15, -0.1) is 11.3 Å². The molecule has 30 heavy (non-hydrogen) atoms. The van der Waals surface area contributed by atoms with Crippen molar-refractivity contribution in [2.45, 2.75) is 56.2 Å². The molecule has 9 nitrogen and oxygen atoms in total. The lowest BCUT2D eigenvalue weighted by molar-refractivity contribution is -0.133. The van der Waals surface area contributed by atoms with Crippen LogP contribution in [0.1, 0.15) is 49.5 Å². The number of hydrogen-bond donors (Lipinski definition) is 2. The van der Waals surface area contributed by atoms with Gasteiger partial charge in [-0.25, -0.2) is 4.98 Å². The molecule has 10 heteroatoms. The van der Waals surface area contributed by atoms with Crippen molar-refractivity contribution < 1.29 is 19.1 Å². The summed E-state index contributed by atoms with van der Waals surface area (Å²) in [6.45, 7) is 2.88. The van der Waals surface area contributed by atoms with Crippen LogP contribution in [0.2, 0.25) is 0 Å². The third-order valence-electron chi connectivity index (χ3n) is 6.46. The summed E-state index contributed by atoms with van der Waals surface area (Å²) in [4.78, 5) is 44.2. The molecule has 2 N–H and O–H groups in total. The summed E-state index contributed by atoms with van der Waals surface area (Å²) < 4.78 is 7.83. The highest BCUT2D eigenvalue weighted by molar-refractivity contribution is 7.15. The number of hydrogen-bond acceptors (Lipinski definition) is 6. The highest BCUT2D eigenvalue weighted by Gasteiger charge is 2.53. The maximum Gasteiger partial charge on any atom is 0.272 e. The summed E-state index contributed by atoms with van der Waals surface area (Å²) >= 11 is 1.49. The Balaban J connectivity index is 1.19. The second kappa shape index (κ2) is 7.05. The SMILES string of the molecule is CC(=O)NC1(C(=O)NC2COC3(C2)CN(C(=O)c2cnc4sccn24)C3)CCCC1. The van der Waals surface area contributed by atoms with Crippen LogP contribution in [0.25, 0.3) is 4.96 Å². The van der Waals surface area contributed by atoms with Gasteiger partial charge in [0.2, 0.25) is 11.8 Å². The van der Waals surface area contributed by atoms with Crippen molar-refractivity contribution in [2.75, 3.05) is 19.7 Å². The molecule has 2 saturated heterocycles. The molecule has 0 radical (unpaired) electrons. The predicted octanol–water partition coefficient (Wildman–Crippen LogP) is 0.944. The fraction of sp³-hybridized carbons (Fsp3) is 0.600. The molecule has 3 aliphatic rings. The number of ether oxygens (including phenoxy) is 1. The molecule has 2 aromatic heterocycles. The Morgan fingerprint density at radius 2 is 2.03 bits per heavy atom. The fourth-order valence-corrected chi connectivity index (χ4v) is 5.74. The Hall–Kier alpha value is -2.46. The first kappa shape index (κ1) is 19.5. The van der Waals surface area contributed by atoms with Crippen LogP contribution in [0.5, 0.6) is 0 Å². The Bertz CT molecular complexity index is 1000. The van der Waals surface area contributed by atoms with Crippen LogP contribution in [-0.4, -0.2) is 68.9 Å². The minimum Gasteiger partial charge on any atom is -0.369 e. The third kappa shape index (κ3) is 3.18. The lowest BCUT2D eigenvalue weighted by Gasteiger charge is -2.46. The molecule has 3 fully saturated rings. The van der Waals surface area contributed by atoms with Gasteiger partial charge in [0.25, 0.3) is 5.91 Å². The summed E-state index contributed by atoms with van der Waals surface area (Å²) in [5.74, 6) is -0.357. The van der Waals surface area contributed by atoms with Crippen molar-refractivity contribution in [1.82, 2.24) is 24.9 Å². The molecule has 4 heterocycles. The number of nitrogens with one attached hydrogen (secondary N) is 2. The van der Waals surface area contributed by atoms with Crippen molar-refractivity contribution in [2.24, 2.45) is 0 Å². The van der Waals surface area contributed by atoms with Gasteiger partial charge >= 0.3 is 0 Å². The molecule has 3 amide bonds. The number of aromatic nitrogens is 2. The fourth-order valence-electron chi connectivity index (χ4n) is 5.05. The molecule has 1 unspecified atom stereocenters. The Morgan fingerprint density at radius 1 is 1.27 bits per heavy atom. The molecule has 1 aliphatic carbocycles. The summed E-state index contributed by atoms with van der Waals surface area (Å²) in [6, 6.07) is -0.112. The van der Waals surface area contributed by atoms with Crippen LogP contribution in [0.4, 0.5) is 0 Å². The second-order valence-electron chi connectivity index (χ2n) is 8.70. The highest BCUT2D eigenvalue weighted by Crippen LogP contribution is 2.37. The normalized spacial score (nSPS) is 24.2. The van der Waals surface area contributed by atoms with E-state index in [4.69, 9.17) is 4.74 Å². The van der Waals surface area contributed by atoms with Crippen molar-refractivity contribution in [3.8, 4) is 0 Å². The number of carbonyl (C=O) groups excluding carboxylic acids is 3. The molecule has 1 spiro atoms. The summed E-state index contributed by atoms with van der Waals surface area (Å²) in [6.07, 6.45) is 7.33. The molecule has 1 atom stereocenters. The number of fused-ring (bicyclic) bond motifs is 1. The minimum atomic E-state index is -0.795. The molecule has 5 rings (SSSR count). The van der Waals surface area contributed by atoms with Crippen molar-refractivity contribution in [1.29, 1.82) is 0 Å². The summed E-state index contributed by atoms with van der Waals surface area (Å²) in [5.41, 5.74) is -0.637. The average Bonchev–Trinajstić information content (AvgIpc) is 3.43. The zero-order chi connectivity index (χ0) is 20.9. The Morgan fingerprint density at radius 3 is 2.77 bits per heavy atom. The molecule has 2 aliphatic heterocycles. The number of amides is 3. The maximum absolute atomic E-state index is 12.9. The van der Waals surface area contributed by atoms with Gasteiger partial charge < -0.3 is 20.3 Å². The van der Waals surface area contributed by atoms with Gasteiger partial charge in [0.1, 0.15) is 16.8 Å². The average molecular weight is 432 g/mol. The molecular formula is C20H25N5O4S. The van der Waals surface area contributed by atoms with Crippen molar-refractivity contribution in [3.63, 3.8) is 0 Å². The van der Waals surface area contributed by atoms with Crippen LogP contribution >= 0.6 is 11.3 Å². The van der Waals surface area contributed by atoms with Gasteiger partial charge in [-0.05, 0) is 12.8 Å². The van der Waals surface area contributed by atoms with Gasteiger partial charge in [-0.2, -0.15) is 0 Å². The van der Waals surface area contributed by atoms with Crippen LogP contribution < -0.4 is 10.6 Å². The number of nitrogens with zero attached hydrogens (tertiary/aromatic N) is 3. The van der Waals surface area contributed by atoms with E-state index in [1.54, 1.807) is 15.5 Å². The molecular weight excluding hydrogens is 406 g/mol. The molecule has 160 valence electrons. The first-order chi connectivity index (χ1) is 14.4. The largest absolute Gasteiger partial charge is 0.369 e. The van der Waals surface area contributed by atoms with E-state index >= 15 is 0 Å².